The van der Waals surface area contributed by atoms with E-state index in [-0.39, 0.29) is 24.7 Å². The van der Waals surface area contributed by atoms with Crippen LogP contribution in [0.1, 0.15) is 16.1 Å². The van der Waals surface area contributed by atoms with Crippen molar-refractivity contribution < 1.29 is 23.5 Å². The van der Waals surface area contributed by atoms with Gasteiger partial charge in [0.05, 0.1) is 31.2 Å². The summed E-state index contributed by atoms with van der Waals surface area (Å²) in [5.41, 5.74) is 6.34. The van der Waals surface area contributed by atoms with Crippen molar-refractivity contribution in [3.63, 3.8) is 0 Å². The van der Waals surface area contributed by atoms with E-state index in [4.69, 9.17) is 14.9 Å². The zero-order valence-electron chi connectivity index (χ0n) is 12.0. The average Bonchev–Trinajstić information content (AvgIpc) is 3.04. The van der Waals surface area contributed by atoms with Gasteiger partial charge in [-0.15, -0.1) is 0 Å². The van der Waals surface area contributed by atoms with Crippen molar-refractivity contribution in [2.45, 2.75) is 6.54 Å². The normalized spacial score (nSPS) is 10.0. The van der Waals surface area contributed by atoms with Crippen LogP contribution < -0.4 is 15.8 Å². The standard InChI is InChI=1S/C15H16N2O5/c1-20-15(19)10-4-5-13(12(16)7-10)22-9-14(18)17-8-11-3-2-6-21-11/h2-7H,8-9,16H2,1H3,(H,17,18). The summed E-state index contributed by atoms with van der Waals surface area (Å²) in [5.74, 6) is 0.165. The highest BCUT2D eigenvalue weighted by Crippen LogP contribution is 2.22. The summed E-state index contributed by atoms with van der Waals surface area (Å²) in [7, 11) is 1.28. The molecule has 0 unspecified atom stereocenters. The van der Waals surface area contributed by atoms with E-state index < -0.39 is 5.97 Å². The molecule has 0 aliphatic heterocycles. The smallest absolute Gasteiger partial charge is 0.337 e. The fourth-order valence-electron chi connectivity index (χ4n) is 1.72. The van der Waals surface area contributed by atoms with Crippen molar-refractivity contribution >= 4 is 17.6 Å². The molecule has 0 aliphatic carbocycles. The van der Waals surface area contributed by atoms with Gasteiger partial charge in [0.1, 0.15) is 11.5 Å². The second kappa shape index (κ2) is 7.16. The van der Waals surface area contributed by atoms with E-state index in [2.05, 4.69) is 10.1 Å². The van der Waals surface area contributed by atoms with Gasteiger partial charge < -0.3 is 24.9 Å². The molecule has 2 rings (SSSR count). The molecule has 7 heteroatoms. The molecular weight excluding hydrogens is 288 g/mol. The number of benzene rings is 1. The van der Waals surface area contributed by atoms with Gasteiger partial charge in [0, 0.05) is 0 Å². The van der Waals surface area contributed by atoms with Crippen LogP contribution in [-0.4, -0.2) is 25.6 Å². The van der Waals surface area contributed by atoms with Crippen LogP contribution in [0.3, 0.4) is 0 Å². The maximum Gasteiger partial charge on any atom is 0.337 e. The first-order valence-electron chi connectivity index (χ1n) is 6.50. The minimum Gasteiger partial charge on any atom is -0.482 e. The number of hydrogen-bond acceptors (Lipinski definition) is 6. The monoisotopic (exact) mass is 304 g/mol. The van der Waals surface area contributed by atoms with Gasteiger partial charge in [-0.3, -0.25) is 4.79 Å². The molecular formula is C15H16N2O5. The number of furan rings is 1. The number of methoxy groups -OCH3 is 1. The van der Waals surface area contributed by atoms with Crippen LogP contribution in [0.4, 0.5) is 5.69 Å². The van der Waals surface area contributed by atoms with E-state index in [1.807, 2.05) is 0 Å². The van der Waals surface area contributed by atoms with Gasteiger partial charge in [-0.05, 0) is 30.3 Å². The SMILES string of the molecule is COC(=O)c1ccc(OCC(=O)NCc2ccco2)c(N)c1. The summed E-state index contributed by atoms with van der Waals surface area (Å²) < 4.78 is 15.0. The molecule has 0 atom stereocenters. The van der Waals surface area contributed by atoms with Gasteiger partial charge in [0.25, 0.3) is 5.91 Å². The first-order chi connectivity index (χ1) is 10.6. The summed E-state index contributed by atoms with van der Waals surface area (Å²) in [6, 6.07) is 7.95. The summed E-state index contributed by atoms with van der Waals surface area (Å²) in [4.78, 5) is 23.0. The van der Waals surface area contributed by atoms with Crippen LogP contribution in [0.15, 0.2) is 41.0 Å². The van der Waals surface area contributed by atoms with E-state index in [1.165, 1.54) is 31.6 Å². The molecule has 7 nitrogen and oxygen atoms in total. The van der Waals surface area contributed by atoms with Crippen LogP contribution in [0.25, 0.3) is 0 Å². The Balaban J connectivity index is 1.85. The molecule has 1 amide bonds. The molecule has 3 N–H and O–H groups in total. The van der Waals surface area contributed by atoms with Gasteiger partial charge in [-0.25, -0.2) is 4.79 Å². The molecule has 0 aliphatic rings. The Morgan fingerprint density at radius 3 is 2.77 bits per heavy atom. The molecule has 0 fully saturated rings. The lowest BCUT2D eigenvalue weighted by molar-refractivity contribution is -0.123. The van der Waals surface area contributed by atoms with Crippen LogP contribution in [-0.2, 0) is 16.1 Å². The van der Waals surface area contributed by atoms with Gasteiger partial charge >= 0.3 is 5.97 Å². The maximum absolute atomic E-state index is 11.7. The van der Waals surface area contributed by atoms with Crippen molar-refractivity contribution in [1.29, 1.82) is 0 Å². The lowest BCUT2D eigenvalue weighted by Gasteiger charge is -2.10. The van der Waals surface area contributed by atoms with Gasteiger partial charge in [-0.2, -0.15) is 0 Å². The van der Waals surface area contributed by atoms with Crippen molar-refractivity contribution in [3.05, 3.63) is 47.9 Å². The van der Waals surface area contributed by atoms with Crippen LogP contribution in [0.5, 0.6) is 5.75 Å². The Morgan fingerprint density at radius 1 is 1.32 bits per heavy atom. The number of ether oxygens (including phenoxy) is 2. The predicted molar refractivity (Wildman–Crippen MR) is 78.2 cm³/mol. The fraction of sp³-hybridized carbons (Fsp3) is 0.200. The maximum atomic E-state index is 11.7. The third-order valence-corrected chi connectivity index (χ3v) is 2.83. The molecule has 0 radical (unpaired) electrons. The number of anilines is 1. The quantitative estimate of drug-likeness (QED) is 0.616. The number of amides is 1. The molecule has 1 aromatic heterocycles. The summed E-state index contributed by atoms with van der Waals surface area (Å²) >= 11 is 0. The molecule has 116 valence electrons. The van der Waals surface area contributed by atoms with E-state index in [0.717, 1.165) is 0 Å². The van der Waals surface area contributed by atoms with E-state index >= 15 is 0 Å². The molecule has 1 heterocycles. The second-order valence-corrected chi connectivity index (χ2v) is 4.39. The van der Waals surface area contributed by atoms with Gasteiger partial charge in [0.15, 0.2) is 6.61 Å². The minimum absolute atomic E-state index is 0.192. The van der Waals surface area contributed by atoms with Gasteiger partial charge in [-0.1, -0.05) is 0 Å². The van der Waals surface area contributed by atoms with E-state index in [1.54, 1.807) is 12.1 Å². The van der Waals surface area contributed by atoms with Crippen LogP contribution in [0, 0.1) is 0 Å². The molecule has 0 saturated heterocycles. The zero-order chi connectivity index (χ0) is 15.9. The lowest BCUT2D eigenvalue weighted by atomic mass is 10.2. The number of nitrogens with one attached hydrogen (secondary N) is 1. The van der Waals surface area contributed by atoms with Crippen molar-refractivity contribution in [1.82, 2.24) is 5.32 Å². The minimum atomic E-state index is -0.491. The highest BCUT2D eigenvalue weighted by molar-refractivity contribution is 5.91. The second-order valence-electron chi connectivity index (χ2n) is 4.39. The fourth-order valence-corrected chi connectivity index (χ4v) is 1.72. The summed E-state index contributed by atoms with van der Waals surface area (Å²) in [6.07, 6.45) is 1.53. The first kappa shape index (κ1) is 15.4. The first-order valence-corrected chi connectivity index (χ1v) is 6.50. The molecule has 0 bridgehead atoms. The number of rotatable bonds is 6. The molecule has 22 heavy (non-hydrogen) atoms. The topological polar surface area (TPSA) is 104 Å². The predicted octanol–water partition coefficient (Wildman–Crippen LogP) is 1.34. The van der Waals surface area contributed by atoms with Crippen LogP contribution in [0.2, 0.25) is 0 Å². The molecule has 1 aromatic carbocycles. The Morgan fingerprint density at radius 2 is 2.14 bits per heavy atom. The molecule has 0 spiro atoms. The Bertz CT molecular complexity index is 652. The highest BCUT2D eigenvalue weighted by Gasteiger charge is 2.10. The Kier molecular flexibility index (Phi) is 5.02. The molecule has 0 saturated carbocycles. The number of carbonyl (C=O) groups excluding carboxylic acids is 2. The summed E-state index contributed by atoms with van der Waals surface area (Å²) in [6.45, 7) is 0.0917. The van der Waals surface area contributed by atoms with Gasteiger partial charge in [0.2, 0.25) is 0 Å². The third-order valence-electron chi connectivity index (χ3n) is 2.83. The zero-order valence-corrected chi connectivity index (χ0v) is 12.0. The highest BCUT2D eigenvalue weighted by atomic mass is 16.5. The van der Waals surface area contributed by atoms with Crippen molar-refractivity contribution in [2.75, 3.05) is 19.5 Å². The number of hydrogen-bond donors (Lipinski definition) is 2. The number of nitrogens with two attached hydrogens (primary N) is 1. The Hall–Kier alpha value is -2.96. The number of nitrogen functional groups attached to an aromatic ring is 1. The van der Waals surface area contributed by atoms with E-state index in [0.29, 0.717) is 17.1 Å². The third kappa shape index (κ3) is 4.02. The van der Waals surface area contributed by atoms with E-state index in [9.17, 15) is 9.59 Å². The van der Waals surface area contributed by atoms with Crippen LogP contribution >= 0.6 is 0 Å². The number of esters is 1. The van der Waals surface area contributed by atoms with Crippen molar-refractivity contribution in [2.24, 2.45) is 0 Å². The Labute approximate surface area is 127 Å². The number of carbonyl (C=O) groups is 2. The summed E-state index contributed by atoms with van der Waals surface area (Å²) in [5, 5.41) is 2.64. The average molecular weight is 304 g/mol. The van der Waals surface area contributed by atoms with Crippen molar-refractivity contribution in [3.8, 4) is 5.75 Å². The largest absolute Gasteiger partial charge is 0.482 e. The lowest BCUT2D eigenvalue weighted by Crippen LogP contribution is -2.28. The molecule has 2 aromatic rings.